The highest BCUT2D eigenvalue weighted by atomic mass is 15.3. The van der Waals surface area contributed by atoms with Gasteiger partial charge in [-0.2, -0.15) is 5.10 Å². The Morgan fingerprint density at radius 2 is 2.08 bits per heavy atom. The number of allylic oxidation sites excluding steroid dienone is 2. The smallest absolute Gasteiger partial charge is 0.116 e. The van der Waals surface area contributed by atoms with Gasteiger partial charge in [-0.05, 0) is 26.1 Å². The number of aliphatic imine (C=N–C) groups is 1. The van der Waals surface area contributed by atoms with Gasteiger partial charge in [0.1, 0.15) is 11.5 Å². The van der Waals surface area contributed by atoms with Crippen LogP contribution in [0.3, 0.4) is 0 Å². The highest BCUT2D eigenvalue weighted by molar-refractivity contribution is 6.08. The maximum absolute atomic E-state index is 5.75. The number of fused-ring (bicyclic) bond motifs is 1. The average Bonchev–Trinajstić information content (AvgIpc) is 2.98. The zero-order valence-corrected chi connectivity index (χ0v) is 14.6. The van der Waals surface area contributed by atoms with E-state index in [9.17, 15) is 0 Å². The molecule has 0 radical (unpaired) electrons. The van der Waals surface area contributed by atoms with Gasteiger partial charge in [-0.1, -0.05) is 6.58 Å². The van der Waals surface area contributed by atoms with Crippen molar-refractivity contribution in [1.82, 2.24) is 24.9 Å². The van der Waals surface area contributed by atoms with Gasteiger partial charge in [-0.25, -0.2) is 4.99 Å². The second-order valence-electron chi connectivity index (χ2n) is 6.49. The van der Waals surface area contributed by atoms with Gasteiger partial charge >= 0.3 is 0 Å². The van der Waals surface area contributed by atoms with Gasteiger partial charge in [0.25, 0.3) is 0 Å². The van der Waals surface area contributed by atoms with Crippen molar-refractivity contribution in [2.24, 2.45) is 10.7 Å². The van der Waals surface area contributed by atoms with E-state index in [0.29, 0.717) is 5.82 Å². The topological polar surface area (TPSA) is 74.7 Å². The predicted molar refractivity (Wildman–Crippen MR) is 96.6 cm³/mol. The molecule has 0 aromatic carbocycles. The first-order valence-electron chi connectivity index (χ1n) is 8.45. The molecule has 0 spiro atoms. The third-order valence-corrected chi connectivity index (χ3v) is 4.54. The summed E-state index contributed by atoms with van der Waals surface area (Å²) in [4.78, 5) is 9.16. The lowest BCUT2D eigenvalue weighted by atomic mass is 10.2. The van der Waals surface area contributed by atoms with E-state index in [4.69, 9.17) is 10.8 Å². The lowest BCUT2D eigenvalue weighted by molar-refractivity contribution is 0.187. The molecule has 1 fully saturated rings. The second kappa shape index (κ2) is 7.19. The fourth-order valence-electron chi connectivity index (χ4n) is 3.08. The van der Waals surface area contributed by atoms with Crippen LogP contribution in [0.1, 0.15) is 18.3 Å². The van der Waals surface area contributed by atoms with Crippen molar-refractivity contribution >= 4 is 5.71 Å². The molecule has 0 atom stereocenters. The van der Waals surface area contributed by atoms with Gasteiger partial charge in [0, 0.05) is 45.0 Å². The predicted octanol–water partition coefficient (Wildman–Crippen LogP) is 0.357. The Labute approximate surface area is 143 Å². The van der Waals surface area contributed by atoms with E-state index in [1.165, 1.54) is 11.4 Å². The highest BCUT2D eigenvalue weighted by Crippen LogP contribution is 2.14. The van der Waals surface area contributed by atoms with Crippen LogP contribution in [0.5, 0.6) is 0 Å². The minimum absolute atomic E-state index is 0.302. The quantitative estimate of drug-likeness (QED) is 0.780. The summed E-state index contributed by atoms with van der Waals surface area (Å²) in [6.45, 7) is 12.7. The van der Waals surface area contributed by atoms with Gasteiger partial charge < -0.3 is 20.9 Å². The van der Waals surface area contributed by atoms with Crippen molar-refractivity contribution in [2.45, 2.75) is 20.0 Å². The maximum Gasteiger partial charge on any atom is 0.116 e. The molecule has 3 heterocycles. The molecular formula is C17H27N7. The monoisotopic (exact) mass is 329 g/mol. The molecule has 1 aromatic rings. The highest BCUT2D eigenvalue weighted by Gasteiger charge is 2.17. The molecule has 7 nitrogen and oxygen atoms in total. The number of nitrogens with two attached hydrogens (primary N) is 1. The van der Waals surface area contributed by atoms with E-state index in [0.717, 1.165) is 57.2 Å². The standard InChI is InChI=1S/C17H27N7/c1-13(23-8-6-22(3)7-9-23)10-16(20-14(2)18)17-11-15-12-19-4-5-24(15)21-17/h10-11,19H,2,4-9,12,18H2,1,3H3/b13-10+,20-16+. The van der Waals surface area contributed by atoms with Crippen LogP contribution in [0.2, 0.25) is 0 Å². The summed E-state index contributed by atoms with van der Waals surface area (Å²) in [7, 11) is 2.16. The summed E-state index contributed by atoms with van der Waals surface area (Å²) >= 11 is 0. The zero-order valence-electron chi connectivity index (χ0n) is 14.6. The molecular weight excluding hydrogens is 302 g/mol. The van der Waals surface area contributed by atoms with Gasteiger partial charge in [0.2, 0.25) is 0 Å². The molecule has 0 saturated carbocycles. The normalized spacial score (nSPS) is 20.2. The van der Waals surface area contributed by atoms with E-state index < -0.39 is 0 Å². The molecule has 130 valence electrons. The van der Waals surface area contributed by atoms with Crippen LogP contribution in [0.25, 0.3) is 0 Å². The fourth-order valence-corrected chi connectivity index (χ4v) is 3.08. The molecule has 24 heavy (non-hydrogen) atoms. The average molecular weight is 329 g/mol. The third kappa shape index (κ3) is 3.85. The zero-order chi connectivity index (χ0) is 17.1. The summed E-state index contributed by atoms with van der Waals surface area (Å²) in [6, 6.07) is 2.09. The number of rotatable bonds is 4. The van der Waals surface area contributed by atoms with Crippen LogP contribution in [0.15, 0.2) is 35.2 Å². The molecule has 3 N–H and O–H groups in total. The van der Waals surface area contributed by atoms with Crippen molar-refractivity contribution in [2.75, 3.05) is 39.8 Å². The van der Waals surface area contributed by atoms with Gasteiger partial charge in [0.05, 0.1) is 18.0 Å². The third-order valence-electron chi connectivity index (χ3n) is 4.54. The summed E-state index contributed by atoms with van der Waals surface area (Å²) < 4.78 is 2.04. The molecule has 7 heteroatoms. The lowest BCUT2D eigenvalue weighted by Crippen LogP contribution is -2.43. The first-order chi connectivity index (χ1) is 11.5. The Balaban J connectivity index is 1.85. The minimum Gasteiger partial charge on any atom is -0.384 e. The Bertz CT molecular complexity index is 639. The summed E-state index contributed by atoms with van der Waals surface area (Å²) in [5.41, 5.74) is 9.75. The van der Waals surface area contributed by atoms with Crippen molar-refractivity contribution in [3.63, 3.8) is 0 Å². The summed E-state index contributed by atoms with van der Waals surface area (Å²) in [5.74, 6) is 0.302. The number of aromatic nitrogens is 2. The van der Waals surface area contributed by atoms with Crippen LogP contribution in [-0.2, 0) is 13.1 Å². The number of nitrogens with zero attached hydrogens (tertiary/aromatic N) is 5. The van der Waals surface area contributed by atoms with Crippen molar-refractivity contribution in [3.05, 3.63) is 41.6 Å². The van der Waals surface area contributed by atoms with Crippen molar-refractivity contribution in [1.29, 1.82) is 0 Å². The SMILES string of the molecule is C=C(N)/N=C(\C=C(/C)N1CCN(C)CC1)c1cc2n(n1)CCNC2. The van der Waals surface area contributed by atoms with Gasteiger partial charge in [0.15, 0.2) is 0 Å². The Kier molecular flexibility index (Phi) is 5.01. The Morgan fingerprint density at radius 1 is 1.33 bits per heavy atom. The van der Waals surface area contributed by atoms with Crippen LogP contribution < -0.4 is 11.1 Å². The van der Waals surface area contributed by atoms with E-state index in [1.807, 2.05) is 4.68 Å². The minimum atomic E-state index is 0.302. The van der Waals surface area contributed by atoms with Crippen LogP contribution in [-0.4, -0.2) is 65.1 Å². The summed E-state index contributed by atoms with van der Waals surface area (Å²) in [6.07, 6.45) is 2.07. The molecule has 0 unspecified atom stereocenters. The Hall–Kier alpha value is -2.12. The fraction of sp³-hybridized carbons (Fsp3) is 0.529. The first kappa shape index (κ1) is 16.7. The van der Waals surface area contributed by atoms with E-state index >= 15 is 0 Å². The van der Waals surface area contributed by atoms with E-state index in [-0.39, 0.29) is 0 Å². The van der Waals surface area contributed by atoms with E-state index in [1.54, 1.807) is 0 Å². The van der Waals surface area contributed by atoms with Crippen molar-refractivity contribution in [3.8, 4) is 0 Å². The number of nitrogens with one attached hydrogen (secondary N) is 1. The number of likely N-dealkylation sites (N-methyl/N-ethyl adjacent to an activating group) is 1. The van der Waals surface area contributed by atoms with E-state index in [2.05, 4.69) is 52.8 Å². The molecule has 2 aliphatic heterocycles. The van der Waals surface area contributed by atoms with Gasteiger partial charge in [-0.3, -0.25) is 4.68 Å². The second-order valence-corrected chi connectivity index (χ2v) is 6.49. The molecule has 2 aliphatic rings. The van der Waals surface area contributed by atoms with Crippen LogP contribution in [0, 0.1) is 0 Å². The Morgan fingerprint density at radius 3 is 2.75 bits per heavy atom. The largest absolute Gasteiger partial charge is 0.384 e. The number of hydrogen-bond donors (Lipinski definition) is 2. The molecule has 0 amide bonds. The molecule has 1 saturated heterocycles. The summed E-state index contributed by atoms with van der Waals surface area (Å²) in [5, 5.41) is 8.05. The molecule has 0 aliphatic carbocycles. The van der Waals surface area contributed by atoms with Crippen LogP contribution in [0.4, 0.5) is 0 Å². The van der Waals surface area contributed by atoms with Crippen LogP contribution >= 0.6 is 0 Å². The van der Waals surface area contributed by atoms with Gasteiger partial charge in [-0.15, -0.1) is 0 Å². The molecule has 3 rings (SSSR count). The van der Waals surface area contributed by atoms with Crippen molar-refractivity contribution < 1.29 is 0 Å². The first-order valence-corrected chi connectivity index (χ1v) is 8.45. The maximum atomic E-state index is 5.75. The number of piperazine rings is 1. The lowest BCUT2D eigenvalue weighted by Gasteiger charge is -2.34. The number of hydrogen-bond acceptors (Lipinski definition) is 6. The molecule has 0 bridgehead atoms. The molecule has 1 aromatic heterocycles.